The average molecular weight is 262 g/mol. The largest absolute Gasteiger partial charge is 0.452 e. The highest BCUT2D eigenvalue weighted by molar-refractivity contribution is 7.13. The summed E-state index contributed by atoms with van der Waals surface area (Å²) in [5.41, 5.74) is 1.05. The van der Waals surface area contributed by atoms with Gasteiger partial charge in [-0.05, 0) is 30.4 Å². The predicted octanol–water partition coefficient (Wildman–Crippen LogP) is 4.94. The number of hydrogen-bond acceptors (Lipinski definition) is 3. The lowest BCUT2D eigenvalue weighted by atomic mass is 10.1. The van der Waals surface area contributed by atoms with Gasteiger partial charge in [0.25, 0.3) is 0 Å². The van der Waals surface area contributed by atoms with Crippen LogP contribution in [0.4, 0.5) is 0 Å². The van der Waals surface area contributed by atoms with E-state index < -0.39 is 0 Å². The Balaban J connectivity index is 2.35. The Labute approximate surface area is 112 Å². The van der Waals surface area contributed by atoms with Gasteiger partial charge in [-0.3, -0.25) is 4.79 Å². The van der Waals surface area contributed by atoms with E-state index in [0.29, 0.717) is 12.2 Å². The maximum atomic E-state index is 12.0. The van der Waals surface area contributed by atoms with E-state index in [0.717, 1.165) is 35.5 Å². The highest BCUT2D eigenvalue weighted by atomic mass is 32.1. The molecule has 0 aliphatic heterocycles. The Morgan fingerprint density at radius 1 is 1.33 bits per heavy atom. The molecule has 2 nitrogen and oxygen atoms in total. The smallest absolute Gasteiger partial charge is 0.198 e. The highest BCUT2D eigenvalue weighted by Crippen LogP contribution is 2.30. The molecule has 3 heteroatoms. The van der Waals surface area contributed by atoms with Crippen LogP contribution in [0.15, 0.2) is 28.0 Å². The number of hydrogen-bond donors (Lipinski definition) is 0. The van der Waals surface area contributed by atoms with Crippen molar-refractivity contribution in [3.05, 3.63) is 34.9 Å². The van der Waals surface area contributed by atoms with Crippen molar-refractivity contribution >= 4 is 17.1 Å². The molecule has 2 heterocycles. The molecule has 0 unspecified atom stereocenters. The predicted molar refractivity (Wildman–Crippen MR) is 75.3 cm³/mol. The van der Waals surface area contributed by atoms with Crippen molar-refractivity contribution in [3.63, 3.8) is 0 Å². The van der Waals surface area contributed by atoms with Crippen molar-refractivity contribution in [2.24, 2.45) is 0 Å². The van der Waals surface area contributed by atoms with E-state index in [1.165, 1.54) is 0 Å². The van der Waals surface area contributed by atoms with Crippen LogP contribution < -0.4 is 0 Å². The first-order chi connectivity index (χ1) is 8.76. The maximum absolute atomic E-state index is 12.0. The van der Waals surface area contributed by atoms with Crippen molar-refractivity contribution in [1.82, 2.24) is 0 Å². The molecule has 2 rings (SSSR count). The van der Waals surface area contributed by atoms with Crippen LogP contribution in [-0.2, 0) is 6.42 Å². The minimum absolute atomic E-state index is 0.128. The molecule has 0 radical (unpaired) electrons. The first kappa shape index (κ1) is 13.1. The first-order valence-corrected chi connectivity index (χ1v) is 7.34. The molecular weight excluding hydrogens is 244 g/mol. The van der Waals surface area contributed by atoms with Gasteiger partial charge >= 0.3 is 0 Å². The first-order valence-electron chi connectivity index (χ1n) is 6.46. The van der Waals surface area contributed by atoms with E-state index in [9.17, 15) is 4.79 Å². The molecular formula is C15H18O2S. The van der Waals surface area contributed by atoms with Gasteiger partial charge in [0, 0.05) is 12.0 Å². The summed E-state index contributed by atoms with van der Waals surface area (Å²) in [5, 5.41) is 2.02. The molecule has 96 valence electrons. The van der Waals surface area contributed by atoms with Crippen LogP contribution in [0.2, 0.25) is 0 Å². The number of ketones is 1. The fourth-order valence-electron chi connectivity index (χ4n) is 2.00. The fourth-order valence-corrected chi connectivity index (χ4v) is 2.68. The zero-order chi connectivity index (χ0) is 13.0. The number of rotatable bonds is 6. The van der Waals surface area contributed by atoms with Gasteiger partial charge < -0.3 is 4.42 Å². The third kappa shape index (κ3) is 2.72. The third-order valence-electron chi connectivity index (χ3n) is 2.82. The third-order valence-corrected chi connectivity index (χ3v) is 3.71. The molecule has 0 saturated carbocycles. The van der Waals surface area contributed by atoms with Crippen molar-refractivity contribution in [2.75, 3.05) is 0 Å². The Morgan fingerprint density at radius 2 is 2.17 bits per heavy atom. The van der Waals surface area contributed by atoms with Crippen LogP contribution in [0.3, 0.4) is 0 Å². The molecule has 0 amide bonds. The second-order valence-corrected chi connectivity index (χ2v) is 5.31. The number of Topliss-reactive ketones (excluding diaryl/α,β-unsaturated/α-hetero) is 1. The zero-order valence-electron chi connectivity index (χ0n) is 10.9. The van der Waals surface area contributed by atoms with E-state index >= 15 is 0 Å². The van der Waals surface area contributed by atoms with Gasteiger partial charge in [0.1, 0.15) is 5.76 Å². The van der Waals surface area contributed by atoms with Crippen LogP contribution in [0.5, 0.6) is 0 Å². The summed E-state index contributed by atoms with van der Waals surface area (Å²) in [4.78, 5) is 13.1. The Kier molecular flexibility index (Phi) is 4.37. The molecule has 0 saturated heterocycles. The van der Waals surface area contributed by atoms with Crippen LogP contribution in [0.1, 0.15) is 49.2 Å². The lowest BCUT2D eigenvalue weighted by Gasteiger charge is -1.98. The Bertz CT molecular complexity index is 509. The number of thiophene rings is 1. The van der Waals surface area contributed by atoms with Crippen LogP contribution >= 0.6 is 11.3 Å². The van der Waals surface area contributed by atoms with Crippen molar-refractivity contribution < 1.29 is 9.21 Å². The lowest BCUT2D eigenvalue weighted by molar-refractivity contribution is 0.0954. The quantitative estimate of drug-likeness (QED) is 0.690. The molecule has 0 atom stereocenters. The van der Waals surface area contributed by atoms with E-state index in [2.05, 4.69) is 6.92 Å². The van der Waals surface area contributed by atoms with E-state index in [1.54, 1.807) is 11.3 Å². The van der Waals surface area contributed by atoms with Crippen molar-refractivity contribution in [2.45, 2.75) is 39.5 Å². The maximum Gasteiger partial charge on any atom is 0.198 e. The minimum Gasteiger partial charge on any atom is -0.452 e. The molecule has 2 aromatic rings. The topological polar surface area (TPSA) is 30.2 Å². The van der Waals surface area contributed by atoms with Crippen LogP contribution in [0.25, 0.3) is 10.6 Å². The monoisotopic (exact) mass is 262 g/mol. The van der Waals surface area contributed by atoms with Gasteiger partial charge in [0.05, 0.1) is 4.88 Å². The van der Waals surface area contributed by atoms with Gasteiger partial charge in [-0.15, -0.1) is 11.3 Å². The zero-order valence-corrected chi connectivity index (χ0v) is 11.7. The standard InChI is InChI=1S/C15H18O2S/c1-3-6-11-10-13(14-8-5-9-18-14)17-15(11)12(16)7-4-2/h5,8-10H,3-4,6-7H2,1-2H3. The number of carbonyl (C=O) groups is 1. The molecule has 0 aromatic carbocycles. The molecule has 0 spiro atoms. The molecule has 0 aliphatic rings. The van der Waals surface area contributed by atoms with E-state index in [-0.39, 0.29) is 5.78 Å². The Hall–Kier alpha value is -1.35. The summed E-state index contributed by atoms with van der Waals surface area (Å²) >= 11 is 1.64. The normalized spacial score (nSPS) is 10.8. The molecule has 0 aliphatic carbocycles. The molecule has 2 aromatic heterocycles. The molecule has 0 fully saturated rings. The van der Waals surface area contributed by atoms with Crippen molar-refractivity contribution in [3.8, 4) is 10.6 Å². The van der Waals surface area contributed by atoms with E-state index in [1.807, 2.05) is 30.5 Å². The van der Waals surface area contributed by atoms with Gasteiger partial charge in [0.15, 0.2) is 11.5 Å². The fraction of sp³-hybridized carbons (Fsp3) is 0.400. The van der Waals surface area contributed by atoms with Gasteiger partial charge in [-0.1, -0.05) is 26.3 Å². The summed E-state index contributed by atoms with van der Waals surface area (Å²) in [5.74, 6) is 1.53. The summed E-state index contributed by atoms with van der Waals surface area (Å²) in [7, 11) is 0. The molecule has 0 N–H and O–H groups in total. The number of carbonyl (C=O) groups excluding carboxylic acids is 1. The second kappa shape index (κ2) is 6.01. The minimum atomic E-state index is 0.128. The van der Waals surface area contributed by atoms with Gasteiger partial charge in [0.2, 0.25) is 0 Å². The SMILES string of the molecule is CCCC(=O)c1oc(-c2cccs2)cc1CCC. The van der Waals surface area contributed by atoms with E-state index in [4.69, 9.17) is 4.42 Å². The summed E-state index contributed by atoms with van der Waals surface area (Å²) in [6.45, 7) is 4.13. The molecule has 18 heavy (non-hydrogen) atoms. The molecule has 0 bridgehead atoms. The highest BCUT2D eigenvalue weighted by Gasteiger charge is 2.18. The van der Waals surface area contributed by atoms with Crippen LogP contribution in [0, 0.1) is 0 Å². The second-order valence-electron chi connectivity index (χ2n) is 4.37. The van der Waals surface area contributed by atoms with Crippen molar-refractivity contribution in [1.29, 1.82) is 0 Å². The summed E-state index contributed by atoms with van der Waals surface area (Å²) in [6, 6.07) is 6.04. The lowest BCUT2D eigenvalue weighted by Crippen LogP contribution is -2.00. The summed E-state index contributed by atoms with van der Waals surface area (Å²) in [6.07, 6.45) is 3.35. The summed E-state index contributed by atoms with van der Waals surface area (Å²) < 4.78 is 5.79. The number of aryl methyl sites for hydroxylation is 1. The van der Waals surface area contributed by atoms with Gasteiger partial charge in [-0.2, -0.15) is 0 Å². The van der Waals surface area contributed by atoms with Gasteiger partial charge in [-0.25, -0.2) is 0 Å². The average Bonchev–Trinajstić information content (AvgIpc) is 2.97. The number of furan rings is 1. The Morgan fingerprint density at radius 3 is 2.78 bits per heavy atom. The van der Waals surface area contributed by atoms with Crippen LogP contribution in [-0.4, -0.2) is 5.78 Å².